The molecule has 1 aromatic heterocycles. The van der Waals surface area contributed by atoms with Gasteiger partial charge in [-0.25, -0.2) is 12.9 Å². The zero-order chi connectivity index (χ0) is 19.8. The lowest BCUT2D eigenvalue weighted by Crippen LogP contribution is -2.26. The lowest BCUT2D eigenvalue weighted by molar-refractivity contribution is -0.132. The molecule has 0 saturated heterocycles. The Hall–Kier alpha value is -2.45. The van der Waals surface area contributed by atoms with Gasteiger partial charge in [-0.15, -0.1) is 0 Å². The second-order valence-corrected chi connectivity index (χ2v) is 6.66. The summed E-state index contributed by atoms with van der Waals surface area (Å²) in [7, 11) is 0. The fourth-order valence-electron chi connectivity index (χ4n) is 2.36. The van der Waals surface area contributed by atoms with Crippen LogP contribution in [0.1, 0.15) is 24.6 Å². The smallest absolute Gasteiger partial charge is 0.225 e. The molecule has 27 heavy (non-hydrogen) atoms. The van der Waals surface area contributed by atoms with E-state index in [-0.39, 0.29) is 18.9 Å². The number of nitrogens with zero attached hydrogens (tertiary/aromatic N) is 3. The molecule has 8 heteroatoms. The van der Waals surface area contributed by atoms with Gasteiger partial charge in [0.05, 0.1) is 18.8 Å². The number of rotatable bonds is 5. The first-order chi connectivity index (χ1) is 13.0. The molecule has 5 nitrogen and oxygen atoms in total. The Morgan fingerprint density at radius 2 is 2.00 bits per heavy atom. The molecule has 0 atom stereocenters. The highest BCUT2D eigenvalue weighted by Crippen LogP contribution is 2.26. The van der Waals surface area contributed by atoms with E-state index in [1.807, 2.05) is 19.2 Å². The fraction of sp³-hybridized carbons (Fsp3) is 0.263. The van der Waals surface area contributed by atoms with Gasteiger partial charge in [0, 0.05) is 41.6 Å². The summed E-state index contributed by atoms with van der Waals surface area (Å²) in [5, 5.41) is 13.2. The summed E-state index contributed by atoms with van der Waals surface area (Å²) in [4.78, 5) is 14.4. The fourth-order valence-corrected chi connectivity index (χ4v) is 3.07. The molecule has 0 aliphatic carbocycles. The SMILES string of the molecule is C=C/C(=C\C)Sn1cc2c(n1)CN(C(=O)CCO)C2.Fc1ccccc1F. The zero-order valence-corrected chi connectivity index (χ0v) is 15.8. The first kappa shape index (κ1) is 20.9. The van der Waals surface area contributed by atoms with Crippen LogP contribution in [0, 0.1) is 11.6 Å². The number of benzene rings is 1. The molecular weight excluding hydrogens is 372 g/mol. The van der Waals surface area contributed by atoms with Gasteiger partial charge in [-0.05, 0) is 19.1 Å². The third kappa shape index (κ3) is 5.77. The van der Waals surface area contributed by atoms with E-state index >= 15 is 0 Å². The summed E-state index contributed by atoms with van der Waals surface area (Å²) in [5.41, 5.74) is 2.00. The first-order valence-corrected chi connectivity index (χ1v) is 9.09. The van der Waals surface area contributed by atoms with Gasteiger partial charge in [0.25, 0.3) is 0 Å². The predicted molar refractivity (Wildman–Crippen MR) is 101 cm³/mol. The van der Waals surface area contributed by atoms with E-state index in [1.165, 1.54) is 24.1 Å². The number of hydrogen-bond acceptors (Lipinski definition) is 4. The topological polar surface area (TPSA) is 58.4 Å². The molecular formula is C19H21F2N3O2S. The van der Waals surface area contributed by atoms with E-state index in [4.69, 9.17) is 5.11 Å². The molecule has 0 radical (unpaired) electrons. The number of aliphatic hydroxyl groups is 1. The van der Waals surface area contributed by atoms with Gasteiger partial charge in [-0.1, -0.05) is 30.9 Å². The Balaban J connectivity index is 0.000000273. The molecule has 1 aliphatic rings. The van der Waals surface area contributed by atoms with Crippen molar-refractivity contribution in [3.63, 3.8) is 0 Å². The van der Waals surface area contributed by atoms with Crippen molar-refractivity contribution in [3.8, 4) is 0 Å². The van der Waals surface area contributed by atoms with Crippen LogP contribution in [-0.2, 0) is 17.9 Å². The van der Waals surface area contributed by atoms with Gasteiger partial charge < -0.3 is 10.0 Å². The highest BCUT2D eigenvalue weighted by molar-refractivity contribution is 8.01. The average molecular weight is 393 g/mol. The molecule has 1 aromatic carbocycles. The van der Waals surface area contributed by atoms with Crippen LogP contribution in [0.25, 0.3) is 0 Å². The van der Waals surface area contributed by atoms with Crippen LogP contribution in [0.3, 0.4) is 0 Å². The van der Waals surface area contributed by atoms with Crippen molar-refractivity contribution in [2.24, 2.45) is 0 Å². The van der Waals surface area contributed by atoms with E-state index in [1.54, 1.807) is 15.1 Å². The Morgan fingerprint density at radius 3 is 2.48 bits per heavy atom. The summed E-state index contributed by atoms with van der Waals surface area (Å²) in [6.45, 7) is 6.70. The lowest BCUT2D eigenvalue weighted by atomic mass is 10.3. The van der Waals surface area contributed by atoms with Crippen molar-refractivity contribution < 1.29 is 18.7 Å². The molecule has 3 rings (SSSR count). The Kier molecular flexibility index (Phi) is 7.75. The Bertz CT molecular complexity index is 792. The highest BCUT2D eigenvalue weighted by atomic mass is 32.2. The number of aromatic nitrogens is 2. The molecule has 1 aliphatic heterocycles. The van der Waals surface area contributed by atoms with Crippen molar-refractivity contribution in [2.45, 2.75) is 26.4 Å². The second kappa shape index (κ2) is 10.0. The highest BCUT2D eigenvalue weighted by Gasteiger charge is 2.26. The number of halogens is 2. The van der Waals surface area contributed by atoms with Crippen LogP contribution < -0.4 is 0 Å². The standard InChI is InChI=1S/C13H17N3O2S.C6H4F2/c1-3-11(4-2)19-16-8-10-7-15(9-12(10)14-16)13(18)5-6-17;7-5-3-1-2-4-6(5)8/h3-4,8,17H,1,5-7,9H2,2H3;1-4H/b11-4+;. The number of aliphatic hydroxyl groups excluding tert-OH is 1. The Morgan fingerprint density at radius 1 is 1.33 bits per heavy atom. The van der Waals surface area contributed by atoms with Crippen LogP contribution in [0.4, 0.5) is 8.78 Å². The number of amides is 1. The minimum atomic E-state index is -0.799. The molecule has 0 unspecified atom stereocenters. The van der Waals surface area contributed by atoms with Gasteiger partial charge in [-0.3, -0.25) is 4.79 Å². The molecule has 0 bridgehead atoms. The number of fused-ring (bicyclic) bond motifs is 1. The maximum atomic E-state index is 11.9. The third-order valence-corrected chi connectivity index (χ3v) is 4.73. The van der Waals surface area contributed by atoms with Crippen molar-refractivity contribution >= 4 is 17.9 Å². The average Bonchev–Trinajstić information content (AvgIpc) is 3.21. The molecule has 1 N–H and O–H groups in total. The van der Waals surface area contributed by atoms with Crippen molar-refractivity contribution in [2.75, 3.05) is 6.61 Å². The van der Waals surface area contributed by atoms with Crippen LogP contribution >= 0.6 is 11.9 Å². The zero-order valence-electron chi connectivity index (χ0n) is 14.9. The van der Waals surface area contributed by atoms with Crippen LogP contribution in [-0.4, -0.2) is 31.7 Å². The number of carbonyl (C=O) groups is 1. The monoisotopic (exact) mass is 393 g/mol. The van der Waals surface area contributed by atoms with Crippen LogP contribution in [0.15, 0.2) is 54.1 Å². The maximum Gasteiger partial charge on any atom is 0.225 e. The number of hydrogen-bond donors (Lipinski definition) is 1. The van der Waals surface area contributed by atoms with Gasteiger partial charge >= 0.3 is 0 Å². The molecule has 144 valence electrons. The van der Waals surface area contributed by atoms with E-state index in [0.29, 0.717) is 13.1 Å². The third-order valence-electron chi connectivity index (χ3n) is 3.75. The minimum Gasteiger partial charge on any atom is -0.396 e. The van der Waals surface area contributed by atoms with E-state index in [9.17, 15) is 13.6 Å². The van der Waals surface area contributed by atoms with Gasteiger partial charge in [-0.2, -0.15) is 5.10 Å². The minimum absolute atomic E-state index is 0.0278. The first-order valence-electron chi connectivity index (χ1n) is 8.31. The Labute approximate surface area is 161 Å². The summed E-state index contributed by atoms with van der Waals surface area (Å²) < 4.78 is 25.7. The molecule has 2 aromatic rings. The second-order valence-electron chi connectivity index (χ2n) is 5.63. The van der Waals surface area contributed by atoms with E-state index in [2.05, 4.69) is 11.7 Å². The van der Waals surface area contributed by atoms with Crippen molar-refractivity contribution in [1.29, 1.82) is 0 Å². The summed E-state index contributed by atoms with van der Waals surface area (Å²) in [5.74, 6) is -1.63. The predicted octanol–water partition coefficient (Wildman–Crippen LogP) is 3.66. The van der Waals surface area contributed by atoms with Gasteiger partial charge in [0.2, 0.25) is 5.91 Å². The molecule has 1 amide bonds. The van der Waals surface area contributed by atoms with E-state index < -0.39 is 11.6 Å². The maximum absolute atomic E-state index is 11.9. The van der Waals surface area contributed by atoms with Crippen molar-refractivity contribution in [1.82, 2.24) is 14.1 Å². The molecule has 0 saturated carbocycles. The van der Waals surface area contributed by atoms with Gasteiger partial charge in [0.1, 0.15) is 0 Å². The molecule has 0 spiro atoms. The normalized spacial score (nSPS) is 13.0. The van der Waals surface area contributed by atoms with Crippen molar-refractivity contribution in [3.05, 3.63) is 77.0 Å². The largest absolute Gasteiger partial charge is 0.396 e. The quantitative estimate of drug-likeness (QED) is 0.788. The summed E-state index contributed by atoms with van der Waals surface area (Å²) in [6, 6.07) is 5.04. The number of allylic oxidation sites excluding steroid dienone is 2. The van der Waals surface area contributed by atoms with Crippen LogP contribution in [0.5, 0.6) is 0 Å². The van der Waals surface area contributed by atoms with Crippen LogP contribution in [0.2, 0.25) is 0 Å². The van der Waals surface area contributed by atoms with E-state index in [0.717, 1.165) is 28.3 Å². The summed E-state index contributed by atoms with van der Waals surface area (Å²) >= 11 is 1.50. The number of carbonyl (C=O) groups excluding carboxylic acids is 1. The molecule has 0 fully saturated rings. The molecule has 2 heterocycles. The summed E-state index contributed by atoms with van der Waals surface area (Å²) in [6.07, 6.45) is 5.88. The van der Waals surface area contributed by atoms with Gasteiger partial charge in [0.15, 0.2) is 11.6 Å². The lowest BCUT2D eigenvalue weighted by Gasteiger charge is -2.14.